The van der Waals surface area contributed by atoms with Gasteiger partial charge >= 0.3 is 0 Å². The fourth-order valence-corrected chi connectivity index (χ4v) is 2.21. The molecule has 1 N–H and O–H groups in total. The van der Waals surface area contributed by atoms with Gasteiger partial charge in [-0.3, -0.25) is 4.99 Å². The van der Waals surface area contributed by atoms with Gasteiger partial charge in [-0.1, -0.05) is 5.16 Å². The first-order valence-electron chi connectivity index (χ1n) is 6.68. The molecule has 0 amide bonds. The summed E-state index contributed by atoms with van der Waals surface area (Å²) in [6.45, 7) is 3.38. The van der Waals surface area contributed by atoms with Crippen molar-refractivity contribution in [3.8, 4) is 0 Å². The lowest BCUT2D eigenvalue weighted by Crippen LogP contribution is -2.41. The maximum atomic E-state index is 5.36. The lowest BCUT2D eigenvalue weighted by atomic mass is 10.0. The summed E-state index contributed by atoms with van der Waals surface area (Å²) < 4.78 is 10.2. The molecule has 0 saturated carbocycles. The van der Waals surface area contributed by atoms with Crippen LogP contribution in [0.4, 0.5) is 0 Å². The Morgan fingerprint density at radius 3 is 2.95 bits per heavy atom. The van der Waals surface area contributed by atoms with E-state index < -0.39 is 0 Å². The average Bonchev–Trinajstić information content (AvgIpc) is 2.93. The van der Waals surface area contributed by atoms with E-state index >= 15 is 0 Å². The highest BCUT2D eigenvalue weighted by atomic mass is 16.5. The highest BCUT2D eigenvalue weighted by molar-refractivity contribution is 5.79. The first kappa shape index (κ1) is 13.9. The number of nitrogens with one attached hydrogen (secondary N) is 1. The molecule has 0 atom stereocenters. The van der Waals surface area contributed by atoms with Crippen LogP contribution in [0.15, 0.2) is 21.8 Å². The Bertz CT molecular complexity index is 385. The lowest BCUT2D eigenvalue weighted by molar-refractivity contribution is 0.0674. The van der Waals surface area contributed by atoms with Crippen molar-refractivity contribution in [2.45, 2.75) is 19.4 Å². The van der Waals surface area contributed by atoms with Crippen LogP contribution in [0.1, 0.15) is 18.5 Å². The third-order valence-electron chi connectivity index (χ3n) is 3.35. The smallest absolute Gasteiger partial charge is 0.193 e. The molecule has 2 rings (SSSR count). The predicted octanol–water partition coefficient (Wildman–Crippen LogP) is 1.11. The first-order chi connectivity index (χ1) is 9.29. The summed E-state index contributed by atoms with van der Waals surface area (Å²) in [4.78, 5) is 6.33. The van der Waals surface area contributed by atoms with E-state index in [9.17, 15) is 0 Å². The second-order valence-corrected chi connectivity index (χ2v) is 4.83. The molecule has 1 aliphatic rings. The predicted molar refractivity (Wildman–Crippen MR) is 72.9 cm³/mol. The van der Waals surface area contributed by atoms with Crippen LogP contribution >= 0.6 is 0 Å². The van der Waals surface area contributed by atoms with Crippen molar-refractivity contribution >= 4 is 5.96 Å². The zero-order valence-corrected chi connectivity index (χ0v) is 11.6. The van der Waals surface area contributed by atoms with Gasteiger partial charge in [0, 0.05) is 39.9 Å². The van der Waals surface area contributed by atoms with Crippen molar-refractivity contribution in [1.82, 2.24) is 15.4 Å². The van der Waals surface area contributed by atoms with Crippen LogP contribution in [0, 0.1) is 5.92 Å². The van der Waals surface area contributed by atoms with E-state index in [1.54, 1.807) is 13.3 Å². The highest BCUT2D eigenvalue weighted by Crippen LogP contribution is 2.13. The zero-order valence-electron chi connectivity index (χ0n) is 11.6. The Kier molecular flexibility index (Phi) is 5.20. The van der Waals surface area contributed by atoms with Gasteiger partial charge in [-0.25, -0.2) is 0 Å². The minimum Gasteiger partial charge on any atom is -0.381 e. The van der Waals surface area contributed by atoms with Crippen LogP contribution in [0.3, 0.4) is 0 Å². The third-order valence-corrected chi connectivity index (χ3v) is 3.35. The van der Waals surface area contributed by atoms with Crippen molar-refractivity contribution in [1.29, 1.82) is 0 Å². The van der Waals surface area contributed by atoms with E-state index in [0.717, 1.165) is 44.3 Å². The van der Waals surface area contributed by atoms with Crippen LogP contribution in [0.5, 0.6) is 0 Å². The van der Waals surface area contributed by atoms with Crippen LogP contribution in [-0.4, -0.2) is 49.9 Å². The van der Waals surface area contributed by atoms with Crippen molar-refractivity contribution in [3.05, 3.63) is 18.0 Å². The maximum absolute atomic E-state index is 5.36. The Hall–Kier alpha value is -1.56. The van der Waals surface area contributed by atoms with E-state index in [1.807, 2.05) is 18.0 Å². The quantitative estimate of drug-likeness (QED) is 0.653. The van der Waals surface area contributed by atoms with E-state index in [0.29, 0.717) is 12.5 Å². The molecular weight excluding hydrogens is 244 g/mol. The minimum absolute atomic E-state index is 0.672. The minimum atomic E-state index is 0.672. The summed E-state index contributed by atoms with van der Waals surface area (Å²) in [5.74, 6) is 1.56. The number of ether oxygens (including phenoxy) is 1. The molecule has 2 heterocycles. The maximum Gasteiger partial charge on any atom is 0.193 e. The summed E-state index contributed by atoms with van der Waals surface area (Å²) in [5, 5.41) is 7.32. The normalized spacial score (nSPS) is 17.5. The van der Waals surface area contributed by atoms with Crippen molar-refractivity contribution in [2.24, 2.45) is 10.9 Å². The Morgan fingerprint density at radius 1 is 1.53 bits per heavy atom. The van der Waals surface area contributed by atoms with Gasteiger partial charge in [-0.05, 0) is 18.8 Å². The third kappa shape index (κ3) is 4.24. The van der Waals surface area contributed by atoms with Gasteiger partial charge in [0.15, 0.2) is 5.96 Å². The molecule has 1 saturated heterocycles. The lowest BCUT2D eigenvalue weighted by Gasteiger charge is -2.26. The number of guanidine groups is 1. The number of aliphatic imine (C=N–C) groups is 1. The zero-order chi connectivity index (χ0) is 13.5. The second-order valence-electron chi connectivity index (χ2n) is 4.83. The fraction of sp³-hybridized carbons (Fsp3) is 0.692. The van der Waals surface area contributed by atoms with Gasteiger partial charge in [-0.2, -0.15) is 0 Å². The van der Waals surface area contributed by atoms with E-state index in [4.69, 9.17) is 9.26 Å². The number of aromatic nitrogens is 1. The second kappa shape index (κ2) is 7.13. The molecule has 0 bridgehead atoms. The number of hydrogen-bond donors (Lipinski definition) is 1. The van der Waals surface area contributed by atoms with Crippen molar-refractivity contribution in [3.63, 3.8) is 0 Å². The van der Waals surface area contributed by atoms with Crippen molar-refractivity contribution < 1.29 is 9.26 Å². The van der Waals surface area contributed by atoms with Crippen LogP contribution < -0.4 is 5.32 Å². The molecule has 6 heteroatoms. The standard InChI is InChI=1S/C13H22N4O2/c1-14-13(15-9-11-3-6-18-7-4-11)17(2)10-12-5-8-19-16-12/h5,8,11H,3-4,6-7,9-10H2,1-2H3,(H,14,15). The average molecular weight is 266 g/mol. The van der Waals surface area contributed by atoms with Crippen LogP contribution in [-0.2, 0) is 11.3 Å². The SMILES string of the molecule is CN=C(NCC1CCOCC1)N(C)Cc1ccon1. The summed E-state index contributed by atoms with van der Waals surface area (Å²) in [5.41, 5.74) is 0.900. The van der Waals surface area contributed by atoms with Gasteiger partial charge in [-0.15, -0.1) is 0 Å². The summed E-state index contributed by atoms with van der Waals surface area (Å²) in [6, 6.07) is 1.86. The van der Waals surface area contributed by atoms with Crippen LogP contribution in [0.2, 0.25) is 0 Å². The van der Waals surface area contributed by atoms with Gasteiger partial charge in [0.25, 0.3) is 0 Å². The molecule has 1 fully saturated rings. The number of hydrogen-bond acceptors (Lipinski definition) is 4. The molecule has 0 spiro atoms. The van der Waals surface area contributed by atoms with Gasteiger partial charge in [0.2, 0.25) is 0 Å². The molecule has 1 aromatic rings. The molecule has 19 heavy (non-hydrogen) atoms. The largest absolute Gasteiger partial charge is 0.381 e. The van der Waals surface area contributed by atoms with Gasteiger partial charge in [0.05, 0.1) is 6.54 Å². The Balaban J connectivity index is 1.78. The summed E-state index contributed by atoms with van der Waals surface area (Å²) in [6.07, 6.45) is 3.83. The molecular formula is C13H22N4O2. The van der Waals surface area contributed by atoms with Crippen LogP contribution in [0.25, 0.3) is 0 Å². The Morgan fingerprint density at radius 2 is 2.32 bits per heavy atom. The molecule has 0 aliphatic carbocycles. The molecule has 106 valence electrons. The molecule has 1 aromatic heterocycles. The topological polar surface area (TPSA) is 62.9 Å². The van der Waals surface area contributed by atoms with Crippen molar-refractivity contribution in [2.75, 3.05) is 33.9 Å². The molecule has 0 unspecified atom stereocenters. The molecule has 6 nitrogen and oxygen atoms in total. The van der Waals surface area contributed by atoms with Gasteiger partial charge in [0.1, 0.15) is 12.0 Å². The molecule has 0 aromatic carbocycles. The highest BCUT2D eigenvalue weighted by Gasteiger charge is 2.15. The fourth-order valence-electron chi connectivity index (χ4n) is 2.21. The molecule has 0 radical (unpaired) electrons. The number of rotatable bonds is 4. The monoisotopic (exact) mass is 266 g/mol. The van der Waals surface area contributed by atoms with Gasteiger partial charge < -0.3 is 19.5 Å². The molecule has 1 aliphatic heterocycles. The van der Waals surface area contributed by atoms with E-state index in [1.165, 1.54) is 0 Å². The van der Waals surface area contributed by atoms with E-state index in [-0.39, 0.29) is 0 Å². The summed E-state index contributed by atoms with van der Waals surface area (Å²) >= 11 is 0. The van der Waals surface area contributed by atoms with E-state index in [2.05, 4.69) is 15.5 Å². The first-order valence-corrected chi connectivity index (χ1v) is 6.68. The Labute approximate surface area is 113 Å². The number of nitrogens with zero attached hydrogens (tertiary/aromatic N) is 3. The summed E-state index contributed by atoms with van der Waals surface area (Å²) in [7, 11) is 3.79.